The van der Waals surface area contributed by atoms with E-state index in [1.807, 2.05) is 24.3 Å². The molecule has 2 N–H and O–H groups in total. The zero-order valence-electron chi connectivity index (χ0n) is 9.94. The Kier molecular flexibility index (Phi) is 3.28. The number of hydrogen-bond donors (Lipinski definition) is 1. The predicted octanol–water partition coefficient (Wildman–Crippen LogP) is 4.22. The molecule has 0 fully saturated rings. The van der Waals surface area contributed by atoms with Crippen molar-refractivity contribution in [2.75, 3.05) is 0 Å². The van der Waals surface area contributed by atoms with E-state index in [0.29, 0.717) is 11.3 Å². The van der Waals surface area contributed by atoms with Crippen LogP contribution in [0.15, 0.2) is 52.9 Å². The van der Waals surface area contributed by atoms with Gasteiger partial charge in [0.1, 0.15) is 17.2 Å². The highest BCUT2D eigenvalue weighted by Gasteiger charge is 2.14. The molecule has 96 valence electrons. The van der Waals surface area contributed by atoms with Crippen molar-refractivity contribution in [2.45, 2.75) is 6.04 Å². The summed E-state index contributed by atoms with van der Waals surface area (Å²) in [5.41, 5.74) is 7.80. The molecule has 1 heterocycles. The van der Waals surface area contributed by atoms with Gasteiger partial charge in [0.2, 0.25) is 0 Å². The van der Waals surface area contributed by atoms with Gasteiger partial charge in [-0.1, -0.05) is 12.1 Å². The van der Waals surface area contributed by atoms with Gasteiger partial charge in [0.25, 0.3) is 0 Å². The van der Waals surface area contributed by atoms with Gasteiger partial charge >= 0.3 is 0 Å². The van der Waals surface area contributed by atoms with Crippen molar-refractivity contribution in [3.05, 3.63) is 69.2 Å². The highest BCUT2D eigenvalue weighted by Crippen LogP contribution is 2.27. The van der Waals surface area contributed by atoms with Crippen LogP contribution in [0.5, 0.6) is 0 Å². The molecule has 0 saturated heterocycles. The molecule has 0 aliphatic rings. The smallest absolute Gasteiger partial charge is 0.134 e. The number of nitrogens with two attached hydrogens (primary N) is 1. The van der Waals surface area contributed by atoms with Gasteiger partial charge in [0.05, 0.1) is 6.04 Å². The van der Waals surface area contributed by atoms with Crippen LogP contribution in [0, 0.1) is 9.39 Å². The molecule has 1 aromatic heterocycles. The minimum absolute atomic E-state index is 0.275. The van der Waals surface area contributed by atoms with Gasteiger partial charge in [0.15, 0.2) is 0 Å². The van der Waals surface area contributed by atoms with Crippen molar-refractivity contribution in [1.29, 1.82) is 0 Å². The van der Waals surface area contributed by atoms with Crippen molar-refractivity contribution in [1.82, 2.24) is 0 Å². The number of fused-ring (bicyclic) bond motifs is 1. The van der Waals surface area contributed by atoms with Crippen LogP contribution in [0.4, 0.5) is 4.39 Å². The van der Waals surface area contributed by atoms with Crippen LogP contribution < -0.4 is 5.73 Å². The Morgan fingerprint density at radius 3 is 2.53 bits per heavy atom. The summed E-state index contributed by atoms with van der Waals surface area (Å²) in [7, 11) is 0. The quantitative estimate of drug-likeness (QED) is 0.689. The summed E-state index contributed by atoms with van der Waals surface area (Å²) in [5.74, 6) is 0.365. The van der Waals surface area contributed by atoms with Crippen LogP contribution in [-0.2, 0) is 0 Å². The van der Waals surface area contributed by atoms with E-state index < -0.39 is 0 Å². The molecule has 0 amide bonds. The third-order valence-electron chi connectivity index (χ3n) is 3.03. The fourth-order valence-corrected chi connectivity index (χ4v) is 2.38. The summed E-state index contributed by atoms with van der Waals surface area (Å²) in [5, 5.41) is 0.732. The summed E-state index contributed by atoms with van der Waals surface area (Å²) < 4.78 is 20.0. The van der Waals surface area contributed by atoms with Crippen LogP contribution >= 0.6 is 22.6 Å². The normalized spacial score (nSPS) is 12.8. The van der Waals surface area contributed by atoms with E-state index in [0.717, 1.165) is 14.5 Å². The van der Waals surface area contributed by atoms with E-state index in [2.05, 4.69) is 22.6 Å². The lowest BCUT2D eigenvalue weighted by Crippen LogP contribution is -2.10. The molecule has 1 unspecified atom stereocenters. The molecule has 0 radical (unpaired) electrons. The molecule has 0 saturated carbocycles. The fourth-order valence-electron chi connectivity index (χ4n) is 2.02. The molecule has 2 nitrogen and oxygen atoms in total. The van der Waals surface area contributed by atoms with Crippen molar-refractivity contribution < 1.29 is 8.81 Å². The maximum atomic E-state index is 13.1. The first kappa shape index (κ1) is 12.6. The molecule has 0 spiro atoms. The van der Waals surface area contributed by atoms with E-state index in [1.165, 1.54) is 12.1 Å². The first-order chi connectivity index (χ1) is 9.13. The zero-order chi connectivity index (χ0) is 13.4. The molecule has 3 rings (SSSR count). The molecule has 0 bridgehead atoms. The molecule has 0 aliphatic carbocycles. The minimum Gasteiger partial charge on any atom is -0.459 e. The Morgan fingerprint density at radius 2 is 1.79 bits per heavy atom. The summed E-state index contributed by atoms with van der Waals surface area (Å²) in [6.45, 7) is 0. The Hall–Kier alpha value is -1.40. The number of rotatable bonds is 2. The lowest BCUT2D eigenvalue weighted by atomic mass is 10.1. The first-order valence-electron chi connectivity index (χ1n) is 5.83. The van der Waals surface area contributed by atoms with Gasteiger partial charge in [-0.05, 0) is 64.6 Å². The van der Waals surface area contributed by atoms with Crippen LogP contribution in [-0.4, -0.2) is 0 Å². The minimum atomic E-state index is -0.340. The highest BCUT2D eigenvalue weighted by atomic mass is 127. The van der Waals surface area contributed by atoms with Gasteiger partial charge in [0, 0.05) is 8.96 Å². The second kappa shape index (κ2) is 4.94. The molecule has 2 aromatic carbocycles. The zero-order valence-corrected chi connectivity index (χ0v) is 12.1. The first-order valence-corrected chi connectivity index (χ1v) is 6.91. The Bertz CT molecular complexity index is 721. The van der Waals surface area contributed by atoms with Gasteiger partial charge in [-0.3, -0.25) is 0 Å². The van der Waals surface area contributed by atoms with Crippen LogP contribution in [0.2, 0.25) is 0 Å². The number of furan rings is 1. The van der Waals surface area contributed by atoms with E-state index in [4.69, 9.17) is 10.2 Å². The molecule has 3 aromatic rings. The Labute approximate surface area is 123 Å². The third kappa shape index (κ3) is 2.50. The van der Waals surface area contributed by atoms with Crippen molar-refractivity contribution >= 4 is 33.6 Å². The van der Waals surface area contributed by atoms with E-state index >= 15 is 0 Å². The molecule has 0 aliphatic heterocycles. The lowest BCUT2D eigenvalue weighted by Gasteiger charge is -2.08. The van der Waals surface area contributed by atoms with E-state index in [-0.39, 0.29) is 11.9 Å². The van der Waals surface area contributed by atoms with Crippen molar-refractivity contribution in [3.8, 4) is 0 Å². The van der Waals surface area contributed by atoms with E-state index in [9.17, 15) is 4.39 Å². The van der Waals surface area contributed by atoms with Gasteiger partial charge in [-0.25, -0.2) is 4.39 Å². The van der Waals surface area contributed by atoms with Crippen LogP contribution in [0.25, 0.3) is 11.0 Å². The van der Waals surface area contributed by atoms with Crippen molar-refractivity contribution in [3.63, 3.8) is 0 Å². The number of benzene rings is 2. The number of hydrogen-bond acceptors (Lipinski definition) is 2. The van der Waals surface area contributed by atoms with Crippen LogP contribution in [0.1, 0.15) is 17.4 Å². The van der Waals surface area contributed by atoms with Gasteiger partial charge < -0.3 is 10.2 Å². The predicted molar refractivity (Wildman–Crippen MR) is 81.4 cm³/mol. The lowest BCUT2D eigenvalue weighted by molar-refractivity contribution is 0.524. The Balaban J connectivity index is 2.01. The molecular formula is C15H11FINO. The standard InChI is InChI=1S/C15H11FINO/c16-11-3-6-13-10(7-11)8-14(19-13)15(18)9-1-4-12(17)5-2-9/h1-8,15H,18H2. The average Bonchev–Trinajstić information content (AvgIpc) is 2.81. The summed E-state index contributed by atoms with van der Waals surface area (Å²) >= 11 is 2.24. The second-order valence-electron chi connectivity index (χ2n) is 4.36. The SMILES string of the molecule is NC(c1ccc(I)cc1)c1cc2cc(F)ccc2o1. The van der Waals surface area contributed by atoms with Crippen LogP contribution in [0.3, 0.4) is 0 Å². The highest BCUT2D eigenvalue weighted by molar-refractivity contribution is 14.1. The fraction of sp³-hybridized carbons (Fsp3) is 0.0667. The third-order valence-corrected chi connectivity index (χ3v) is 3.75. The van der Waals surface area contributed by atoms with Crippen molar-refractivity contribution in [2.24, 2.45) is 5.73 Å². The molecule has 4 heteroatoms. The summed E-state index contributed by atoms with van der Waals surface area (Å²) in [6, 6.07) is 13.8. The monoisotopic (exact) mass is 367 g/mol. The van der Waals surface area contributed by atoms with E-state index in [1.54, 1.807) is 12.1 Å². The Morgan fingerprint density at radius 1 is 1.05 bits per heavy atom. The van der Waals surface area contributed by atoms with Gasteiger partial charge in [-0.2, -0.15) is 0 Å². The topological polar surface area (TPSA) is 39.2 Å². The molecular weight excluding hydrogens is 356 g/mol. The second-order valence-corrected chi connectivity index (χ2v) is 5.61. The average molecular weight is 367 g/mol. The summed E-state index contributed by atoms with van der Waals surface area (Å²) in [6.07, 6.45) is 0. The van der Waals surface area contributed by atoms with Gasteiger partial charge in [-0.15, -0.1) is 0 Å². The maximum absolute atomic E-state index is 13.1. The molecule has 1 atom stereocenters. The summed E-state index contributed by atoms with van der Waals surface area (Å²) in [4.78, 5) is 0. The largest absolute Gasteiger partial charge is 0.459 e. The maximum Gasteiger partial charge on any atom is 0.134 e. The molecule has 19 heavy (non-hydrogen) atoms. The number of halogens is 2.